The van der Waals surface area contributed by atoms with Crippen molar-refractivity contribution in [2.75, 3.05) is 0 Å². The maximum Gasteiger partial charge on any atom is 0.164 e. The van der Waals surface area contributed by atoms with Crippen LogP contribution in [0, 0.1) is 6.92 Å². The molecule has 0 aliphatic carbocycles. The predicted octanol–water partition coefficient (Wildman–Crippen LogP) is 1.90. The van der Waals surface area contributed by atoms with Gasteiger partial charge in [0.2, 0.25) is 0 Å². The van der Waals surface area contributed by atoms with E-state index in [1.807, 2.05) is 13.0 Å². The van der Waals surface area contributed by atoms with Crippen molar-refractivity contribution in [3.8, 4) is 11.4 Å². The molecule has 2 aromatic heterocycles. The predicted molar refractivity (Wildman–Crippen MR) is 52.8 cm³/mol. The number of halogens is 1. The topological polar surface area (TPSA) is 51.6 Å². The highest BCUT2D eigenvalue weighted by molar-refractivity contribution is 6.29. The van der Waals surface area contributed by atoms with Gasteiger partial charge in [-0.3, -0.25) is 0 Å². The molecule has 0 saturated heterocycles. The quantitative estimate of drug-likeness (QED) is 0.669. The number of hydrogen-bond donors (Lipinski definition) is 0. The van der Waals surface area contributed by atoms with Crippen molar-refractivity contribution in [3.05, 3.63) is 35.6 Å². The first-order valence-corrected chi connectivity index (χ1v) is 4.41. The Morgan fingerprint density at radius 2 is 2.00 bits per heavy atom. The molecule has 4 nitrogen and oxygen atoms in total. The Hall–Kier alpha value is -1.55. The fourth-order valence-corrected chi connectivity index (χ4v) is 1.14. The molecule has 14 heavy (non-hydrogen) atoms. The van der Waals surface area contributed by atoms with Crippen LogP contribution in [0.2, 0.25) is 5.15 Å². The lowest BCUT2D eigenvalue weighted by atomic mass is 10.3. The van der Waals surface area contributed by atoms with E-state index in [-0.39, 0.29) is 0 Å². The lowest BCUT2D eigenvalue weighted by Crippen LogP contribution is -1.94. The van der Waals surface area contributed by atoms with Crippen molar-refractivity contribution < 1.29 is 0 Å². The average Bonchev–Trinajstić information content (AvgIpc) is 2.19. The Labute approximate surface area is 86.0 Å². The highest BCUT2D eigenvalue weighted by Crippen LogP contribution is 2.14. The Bertz CT molecular complexity index is 441. The first-order chi connectivity index (χ1) is 6.75. The monoisotopic (exact) mass is 206 g/mol. The maximum absolute atomic E-state index is 5.67. The molecule has 0 aliphatic heterocycles. The van der Waals surface area contributed by atoms with Crippen molar-refractivity contribution in [2.24, 2.45) is 0 Å². The summed E-state index contributed by atoms with van der Waals surface area (Å²) in [5.74, 6) is 1.30. The molecule has 0 aromatic carbocycles. The fourth-order valence-electron chi connectivity index (χ4n) is 1.03. The van der Waals surface area contributed by atoms with Crippen molar-refractivity contribution in [1.29, 1.82) is 0 Å². The van der Waals surface area contributed by atoms with Crippen LogP contribution in [0.3, 0.4) is 0 Å². The van der Waals surface area contributed by atoms with Crippen molar-refractivity contribution in [1.82, 2.24) is 19.9 Å². The van der Waals surface area contributed by atoms with E-state index in [0.29, 0.717) is 16.8 Å². The molecular weight excluding hydrogens is 200 g/mol. The highest BCUT2D eigenvalue weighted by Gasteiger charge is 2.01. The van der Waals surface area contributed by atoms with Crippen molar-refractivity contribution >= 4 is 11.6 Å². The molecule has 0 radical (unpaired) electrons. The summed E-state index contributed by atoms with van der Waals surface area (Å²) in [7, 11) is 0. The Morgan fingerprint density at radius 1 is 1.14 bits per heavy atom. The van der Waals surface area contributed by atoms with Gasteiger partial charge in [0.05, 0.1) is 0 Å². The largest absolute Gasteiger partial charge is 0.244 e. The first kappa shape index (κ1) is 9.02. The zero-order valence-corrected chi connectivity index (χ0v) is 8.23. The van der Waals surface area contributed by atoms with Gasteiger partial charge in [-0.25, -0.2) is 19.9 Å². The van der Waals surface area contributed by atoms with Gasteiger partial charge in [0, 0.05) is 11.8 Å². The lowest BCUT2D eigenvalue weighted by molar-refractivity contribution is 0.981. The summed E-state index contributed by atoms with van der Waals surface area (Å²) in [5, 5.41) is 0.458. The van der Waals surface area contributed by atoms with Crippen LogP contribution in [0.15, 0.2) is 24.7 Å². The van der Waals surface area contributed by atoms with Gasteiger partial charge in [-0.2, -0.15) is 0 Å². The summed E-state index contributed by atoms with van der Waals surface area (Å²) in [6.07, 6.45) is 3.11. The van der Waals surface area contributed by atoms with E-state index in [0.717, 1.165) is 5.56 Å². The summed E-state index contributed by atoms with van der Waals surface area (Å²) in [5.41, 5.74) is 0.833. The molecule has 0 aliphatic rings. The third-order valence-electron chi connectivity index (χ3n) is 1.68. The van der Waals surface area contributed by atoms with Gasteiger partial charge in [0.1, 0.15) is 17.3 Å². The van der Waals surface area contributed by atoms with Crippen LogP contribution in [-0.4, -0.2) is 19.9 Å². The van der Waals surface area contributed by atoms with Gasteiger partial charge in [-0.1, -0.05) is 11.6 Å². The van der Waals surface area contributed by atoms with Gasteiger partial charge in [0.25, 0.3) is 0 Å². The van der Waals surface area contributed by atoms with Crippen LogP contribution in [0.1, 0.15) is 5.82 Å². The number of aryl methyl sites for hydroxylation is 1. The molecule has 0 bridgehead atoms. The number of nitrogens with zero attached hydrogens (tertiary/aromatic N) is 4. The first-order valence-electron chi connectivity index (χ1n) is 4.03. The van der Waals surface area contributed by atoms with Crippen LogP contribution in [0.4, 0.5) is 0 Å². The Balaban J connectivity index is 2.44. The molecule has 0 spiro atoms. The molecule has 0 amide bonds. The number of aromatic nitrogens is 4. The molecule has 5 heteroatoms. The minimum atomic E-state index is 0.458. The van der Waals surface area contributed by atoms with Crippen molar-refractivity contribution in [3.63, 3.8) is 0 Å². The van der Waals surface area contributed by atoms with E-state index >= 15 is 0 Å². The van der Waals surface area contributed by atoms with Gasteiger partial charge >= 0.3 is 0 Å². The molecule has 0 atom stereocenters. The molecule has 2 heterocycles. The smallest absolute Gasteiger partial charge is 0.164 e. The molecule has 2 rings (SSSR count). The minimum Gasteiger partial charge on any atom is -0.244 e. The standard InChI is InChI=1S/C9H7ClN4/c1-6-12-5-13-9(14-6)7-2-3-8(10)11-4-7/h2-5H,1H3. The molecule has 2 aromatic rings. The van der Waals surface area contributed by atoms with Gasteiger partial charge in [-0.15, -0.1) is 0 Å². The summed E-state index contributed by atoms with van der Waals surface area (Å²) in [6.45, 7) is 1.81. The molecule has 0 unspecified atom stereocenters. The van der Waals surface area contributed by atoms with Crippen LogP contribution in [0.25, 0.3) is 11.4 Å². The van der Waals surface area contributed by atoms with Crippen LogP contribution >= 0.6 is 11.6 Å². The van der Waals surface area contributed by atoms with Crippen LogP contribution < -0.4 is 0 Å². The molecule has 0 N–H and O–H groups in total. The molecule has 0 fully saturated rings. The van der Waals surface area contributed by atoms with Gasteiger partial charge in [-0.05, 0) is 19.1 Å². The second-order valence-electron chi connectivity index (χ2n) is 2.73. The third kappa shape index (κ3) is 1.85. The van der Waals surface area contributed by atoms with Gasteiger partial charge in [0.15, 0.2) is 5.82 Å². The van der Waals surface area contributed by atoms with E-state index in [2.05, 4.69) is 19.9 Å². The van der Waals surface area contributed by atoms with E-state index in [1.54, 1.807) is 12.3 Å². The Kier molecular flexibility index (Phi) is 2.37. The van der Waals surface area contributed by atoms with E-state index < -0.39 is 0 Å². The van der Waals surface area contributed by atoms with Crippen LogP contribution in [-0.2, 0) is 0 Å². The van der Waals surface area contributed by atoms with E-state index in [1.165, 1.54) is 6.33 Å². The second kappa shape index (κ2) is 3.67. The lowest BCUT2D eigenvalue weighted by Gasteiger charge is -1.98. The molecule has 70 valence electrons. The molecular formula is C9H7ClN4. The van der Waals surface area contributed by atoms with E-state index in [9.17, 15) is 0 Å². The van der Waals surface area contributed by atoms with E-state index in [4.69, 9.17) is 11.6 Å². The molecule has 0 saturated carbocycles. The number of pyridine rings is 1. The summed E-state index contributed by atoms with van der Waals surface area (Å²) in [4.78, 5) is 16.1. The normalized spacial score (nSPS) is 10.1. The summed E-state index contributed by atoms with van der Waals surface area (Å²) < 4.78 is 0. The highest BCUT2D eigenvalue weighted by atomic mass is 35.5. The third-order valence-corrected chi connectivity index (χ3v) is 1.90. The minimum absolute atomic E-state index is 0.458. The van der Waals surface area contributed by atoms with Gasteiger partial charge < -0.3 is 0 Å². The number of hydrogen-bond acceptors (Lipinski definition) is 4. The Morgan fingerprint density at radius 3 is 2.64 bits per heavy atom. The number of rotatable bonds is 1. The van der Waals surface area contributed by atoms with Crippen LogP contribution in [0.5, 0.6) is 0 Å². The SMILES string of the molecule is Cc1ncnc(-c2ccc(Cl)nc2)n1. The second-order valence-corrected chi connectivity index (χ2v) is 3.11. The zero-order valence-electron chi connectivity index (χ0n) is 7.48. The zero-order chi connectivity index (χ0) is 9.97. The maximum atomic E-state index is 5.67. The fraction of sp³-hybridized carbons (Fsp3) is 0.111. The summed E-state index contributed by atoms with van der Waals surface area (Å²) in [6, 6.07) is 3.53. The average molecular weight is 207 g/mol. The summed E-state index contributed by atoms with van der Waals surface area (Å²) >= 11 is 5.67. The van der Waals surface area contributed by atoms with Crippen molar-refractivity contribution in [2.45, 2.75) is 6.92 Å².